The van der Waals surface area contributed by atoms with Crippen LogP contribution in [-0.2, 0) is 14.8 Å². The molecule has 0 aromatic heterocycles. The lowest BCUT2D eigenvalue weighted by Crippen LogP contribution is -2.50. The van der Waals surface area contributed by atoms with Crippen LogP contribution in [0.1, 0.15) is 12.8 Å². The lowest BCUT2D eigenvalue weighted by Gasteiger charge is -2.34. The van der Waals surface area contributed by atoms with Gasteiger partial charge in [-0.1, -0.05) is 0 Å². The highest BCUT2D eigenvalue weighted by Crippen LogP contribution is 2.20. The number of sulfonamides is 1. The summed E-state index contributed by atoms with van der Waals surface area (Å²) in [6.07, 6.45) is 1.07. The van der Waals surface area contributed by atoms with E-state index in [-0.39, 0.29) is 10.8 Å². The van der Waals surface area contributed by atoms with Gasteiger partial charge in [-0.3, -0.25) is 4.79 Å². The number of nitrogens with two attached hydrogens (primary N) is 1. The van der Waals surface area contributed by atoms with Crippen LogP contribution in [0.15, 0.2) is 29.2 Å². The van der Waals surface area contributed by atoms with Crippen molar-refractivity contribution in [2.75, 3.05) is 39.8 Å². The Morgan fingerprint density at radius 1 is 1.17 bits per heavy atom. The van der Waals surface area contributed by atoms with Gasteiger partial charge in [-0.25, -0.2) is 8.42 Å². The Morgan fingerprint density at radius 2 is 1.78 bits per heavy atom. The maximum Gasteiger partial charge on any atom is 0.243 e. The van der Waals surface area contributed by atoms with Gasteiger partial charge in [0.1, 0.15) is 5.75 Å². The molecule has 7 nitrogen and oxygen atoms in total. The van der Waals surface area contributed by atoms with Gasteiger partial charge in [-0.15, -0.1) is 0 Å². The number of hydrogen-bond donors (Lipinski definition) is 1. The van der Waals surface area contributed by atoms with Gasteiger partial charge >= 0.3 is 0 Å². The molecule has 128 valence electrons. The topological polar surface area (TPSA) is 92.9 Å². The van der Waals surface area contributed by atoms with Crippen molar-refractivity contribution in [2.45, 2.75) is 17.7 Å². The van der Waals surface area contributed by atoms with E-state index in [1.807, 2.05) is 0 Å². The van der Waals surface area contributed by atoms with E-state index < -0.39 is 10.0 Å². The maximum absolute atomic E-state index is 12.6. The summed E-state index contributed by atoms with van der Waals surface area (Å²) >= 11 is 0. The van der Waals surface area contributed by atoms with E-state index in [9.17, 15) is 13.2 Å². The third-order valence-corrected chi connectivity index (χ3v) is 5.80. The standard InChI is InChI=1S/C15H23N3O4S/c1-22-13-4-6-14(7-5-13)23(20,21)18-11-9-17(10-12-18)15(19)3-2-8-16/h4-7H,2-3,8-12,16H2,1H3. The van der Waals surface area contributed by atoms with Gasteiger partial charge in [0.25, 0.3) is 0 Å². The fourth-order valence-electron chi connectivity index (χ4n) is 2.49. The molecule has 0 radical (unpaired) electrons. The van der Waals surface area contributed by atoms with E-state index >= 15 is 0 Å². The van der Waals surface area contributed by atoms with Gasteiger partial charge in [-0.2, -0.15) is 4.31 Å². The minimum Gasteiger partial charge on any atom is -0.497 e. The van der Waals surface area contributed by atoms with Crippen LogP contribution in [-0.4, -0.2) is 63.4 Å². The lowest BCUT2D eigenvalue weighted by molar-refractivity contribution is -0.132. The molecule has 0 atom stereocenters. The number of hydrogen-bond acceptors (Lipinski definition) is 5. The molecule has 1 amide bonds. The molecule has 0 spiro atoms. The van der Waals surface area contributed by atoms with Crippen molar-refractivity contribution >= 4 is 15.9 Å². The van der Waals surface area contributed by atoms with Crippen molar-refractivity contribution in [1.29, 1.82) is 0 Å². The second kappa shape index (κ2) is 7.76. The predicted molar refractivity (Wildman–Crippen MR) is 86.6 cm³/mol. The Bertz CT molecular complexity index is 623. The maximum atomic E-state index is 12.6. The molecule has 1 saturated heterocycles. The van der Waals surface area contributed by atoms with Gasteiger partial charge in [0, 0.05) is 32.6 Å². The van der Waals surface area contributed by atoms with E-state index in [0.717, 1.165) is 0 Å². The van der Waals surface area contributed by atoms with Crippen molar-refractivity contribution in [3.63, 3.8) is 0 Å². The monoisotopic (exact) mass is 341 g/mol. The van der Waals surface area contributed by atoms with Gasteiger partial charge in [-0.05, 0) is 37.2 Å². The molecule has 8 heteroatoms. The molecule has 1 aliphatic heterocycles. The number of amides is 1. The van der Waals surface area contributed by atoms with E-state index in [4.69, 9.17) is 10.5 Å². The summed E-state index contributed by atoms with van der Waals surface area (Å²) in [7, 11) is -2.00. The second-order valence-electron chi connectivity index (χ2n) is 5.35. The number of ether oxygens (including phenoxy) is 1. The highest BCUT2D eigenvalue weighted by atomic mass is 32.2. The highest BCUT2D eigenvalue weighted by molar-refractivity contribution is 7.89. The summed E-state index contributed by atoms with van der Waals surface area (Å²) in [6.45, 7) is 1.93. The molecular weight excluding hydrogens is 318 g/mol. The fraction of sp³-hybridized carbons (Fsp3) is 0.533. The first kappa shape index (κ1) is 17.7. The van der Waals surface area contributed by atoms with Crippen LogP contribution in [0.5, 0.6) is 5.75 Å². The Labute approximate surface area is 137 Å². The summed E-state index contributed by atoms with van der Waals surface area (Å²) < 4.78 is 31.7. The minimum absolute atomic E-state index is 0.0388. The molecule has 1 aliphatic rings. The lowest BCUT2D eigenvalue weighted by atomic mass is 10.2. The van der Waals surface area contributed by atoms with Gasteiger partial charge in [0.15, 0.2) is 0 Å². The van der Waals surface area contributed by atoms with Crippen molar-refractivity contribution in [3.8, 4) is 5.75 Å². The summed E-state index contributed by atoms with van der Waals surface area (Å²) in [5, 5.41) is 0. The number of carbonyl (C=O) groups is 1. The predicted octanol–water partition coefficient (Wildman–Crippen LogP) is 0.267. The molecule has 0 unspecified atom stereocenters. The van der Waals surface area contributed by atoms with Crippen molar-refractivity contribution in [3.05, 3.63) is 24.3 Å². The summed E-state index contributed by atoms with van der Waals surface area (Å²) in [5.74, 6) is 0.649. The van der Waals surface area contributed by atoms with Crippen molar-refractivity contribution in [1.82, 2.24) is 9.21 Å². The molecule has 1 aromatic carbocycles. The van der Waals surface area contributed by atoms with Crippen LogP contribution in [0.25, 0.3) is 0 Å². The number of carbonyl (C=O) groups excluding carboxylic acids is 1. The zero-order valence-corrected chi connectivity index (χ0v) is 14.1. The molecule has 1 heterocycles. The SMILES string of the molecule is COc1ccc(S(=O)(=O)N2CCN(C(=O)CCCN)CC2)cc1. The van der Waals surface area contributed by atoms with Gasteiger partial charge in [0.2, 0.25) is 15.9 Å². The molecular formula is C15H23N3O4S. The van der Waals surface area contributed by atoms with E-state index in [0.29, 0.717) is 51.3 Å². The van der Waals surface area contributed by atoms with E-state index in [1.165, 1.54) is 23.5 Å². The molecule has 0 saturated carbocycles. The zero-order valence-electron chi connectivity index (χ0n) is 13.3. The largest absolute Gasteiger partial charge is 0.497 e. The van der Waals surface area contributed by atoms with Gasteiger partial charge < -0.3 is 15.4 Å². The van der Waals surface area contributed by atoms with Crippen LogP contribution >= 0.6 is 0 Å². The molecule has 0 bridgehead atoms. The van der Waals surface area contributed by atoms with E-state index in [1.54, 1.807) is 17.0 Å². The Morgan fingerprint density at radius 3 is 2.30 bits per heavy atom. The fourth-order valence-corrected chi connectivity index (χ4v) is 3.91. The average molecular weight is 341 g/mol. The van der Waals surface area contributed by atoms with Crippen LogP contribution in [0, 0.1) is 0 Å². The third kappa shape index (κ3) is 4.21. The van der Waals surface area contributed by atoms with Crippen molar-refractivity contribution in [2.24, 2.45) is 5.73 Å². The minimum atomic E-state index is -3.53. The quantitative estimate of drug-likeness (QED) is 0.801. The Hall–Kier alpha value is -1.64. The number of piperazine rings is 1. The smallest absolute Gasteiger partial charge is 0.243 e. The normalized spacial score (nSPS) is 16.3. The first-order valence-corrected chi connectivity index (χ1v) is 9.05. The molecule has 23 heavy (non-hydrogen) atoms. The molecule has 1 fully saturated rings. The molecule has 1 aromatic rings. The van der Waals surface area contributed by atoms with Gasteiger partial charge in [0.05, 0.1) is 12.0 Å². The summed E-state index contributed by atoms with van der Waals surface area (Å²) in [6, 6.07) is 6.32. The zero-order chi connectivity index (χ0) is 16.9. The van der Waals surface area contributed by atoms with Crippen LogP contribution < -0.4 is 10.5 Å². The van der Waals surface area contributed by atoms with Crippen molar-refractivity contribution < 1.29 is 17.9 Å². The molecule has 2 rings (SSSR count). The van der Waals surface area contributed by atoms with Crippen LogP contribution in [0.4, 0.5) is 0 Å². The molecule has 2 N–H and O–H groups in total. The first-order valence-electron chi connectivity index (χ1n) is 7.61. The Balaban J connectivity index is 1.99. The number of benzene rings is 1. The Kier molecular flexibility index (Phi) is 5.97. The highest BCUT2D eigenvalue weighted by Gasteiger charge is 2.29. The number of nitrogens with zero attached hydrogens (tertiary/aromatic N) is 2. The second-order valence-corrected chi connectivity index (χ2v) is 7.29. The molecule has 0 aliphatic carbocycles. The first-order chi connectivity index (χ1) is 11.0. The third-order valence-electron chi connectivity index (χ3n) is 3.88. The van der Waals surface area contributed by atoms with E-state index in [2.05, 4.69) is 0 Å². The number of rotatable bonds is 6. The average Bonchev–Trinajstić information content (AvgIpc) is 2.59. The number of methoxy groups -OCH3 is 1. The van der Waals surface area contributed by atoms with Crippen LogP contribution in [0.2, 0.25) is 0 Å². The summed E-state index contributed by atoms with van der Waals surface area (Å²) in [5.41, 5.74) is 5.40. The van der Waals surface area contributed by atoms with Crippen LogP contribution in [0.3, 0.4) is 0 Å². The summed E-state index contributed by atoms with van der Waals surface area (Å²) in [4.78, 5) is 13.9.